The Bertz CT molecular complexity index is 615. The van der Waals surface area contributed by atoms with E-state index < -0.39 is 40.4 Å². The molecule has 0 bridgehead atoms. The Morgan fingerprint density at radius 2 is 1.68 bits per heavy atom. The number of rotatable bonds is 3. The summed E-state index contributed by atoms with van der Waals surface area (Å²) in [7, 11) is 0. The van der Waals surface area contributed by atoms with Crippen molar-refractivity contribution in [1.82, 2.24) is 0 Å². The molecule has 0 aliphatic carbocycles. The van der Waals surface area contributed by atoms with E-state index in [1.54, 1.807) is 0 Å². The lowest BCUT2D eigenvalue weighted by Crippen LogP contribution is -2.55. The second kappa shape index (κ2) is 3.91. The number of benzene rings is 1. The summed E-state index contributed by atoms with van der Waals surface area (Å²) < 4.78 is 4.23. The monoisotopic (exact) mass is 264 g/mol. The van der Waals surface area contributed by atoms with Crippen molar-refractivity contribution in [2.45, 2.75) is 12.3 Å². The summed E-state index contributed by atoms with van der Waals surface area (Å²) in [5, 5.41) is 18.1. The lowest BCUT2D eigenvalue weighted by molar-refractivity contribution is -0.186. The first kappa shape index (κ1) is 12.7. The number of ether oxygens (including phenoxy) is 1. The zero-order valence-electron chi connectivity index (χ0n) is 9.67. The van der Waals surface area contributed by atoms with Crippen LogP contribution in [0, 0.1) is 0 Å². The van der Waals surface area contributed by atoms with Crippen molar-refractivity contribution in [3.05, 3.63) is 34.9 Å². The van der Waals surface area contributed by atoms with Gasteiger partial charge in [-0.1, -0.05) is 12.1 Å². The van der Waals surface area contributed by atoms with Crippen LogP contribution in [0.15, 0.2) is 18.2 Å². The Hall–Kier alpha value is -2.70. The van der Waals surface area contributed by atoms with Gasteiger partial charge >= 0.3 is 23.9 Å². The van der Waals surface area contributed by atoms with Crippen molar-refractivity contribution < 1.29 is 34.1 Å². The predicted octanol–water partition coefficient (Wildman–Crippen LogP) is 0.424. The summed E-state index contributed by atoms with van der Waals surface area (Å²) in [6.07, 6.45) is 0. The van der Waals surface area contributed by atoms with Gasteiger partial charge in [0, 0.05) is 0 Å². The lowest BCUT2D eigenvalue weighted by atomic mass is 9.75. The van der Waals surface area contributed by atoms with E-state index in [-0.39, 0.29) is 5.56 Å². The molecular weight excluding hydrogens is 256 g/mol. The Labute approximate surface area is 106 Å². The molecule has 1 aliphatic rings. The highest BCUT2D eigenvalue weighted by atomic mass is 16.6. The standard InChI is InChI=1S/C12H8O7/c1-12(10(17)19-11(12)18)6-4-2-3-5(8(13)14)7(6)9(15)16/h2-4H,1H3,(H,13,14)(H,15,16). The van der Waals surface area contributed by atoms with Crippen molar-refractivity contribution in [3.63, 3.8) is 0 Å². The van der Waals surface area contributed by atoms with E-state index in [0.29, 0.717) is 0 Å². The number of hydrogen-bond acceptors (Lipinski definition) is 5. The minimum atomic E-state index is -1.76. The van der Waals surface area contributed by atoms with Gasteiger partial charge in [-0.25, -0.2) is 19.2 Å². The molecule has 1 fully saturated rings. The maximum Gasteiger partial charge on any atom is 0.336 e. The molecule has 1 heterocycles. The number of hydrogen-bond donors (Lipinski definition) is 2. The number of cyclic esters (lactones) is 2. The summed E-state index contributed by atoms with van der Waals surface area (Å²) in [4.78, 5) is 45.1. The van der Waals surface area contributed by atoms with Gasteiger partial charge in [-0.3, -0.25) is 0 Å². The fraction of sp³-hybridized carbons (Fsp3) is 0.167. The van der Waals surface area contributed by atoms with Gasteiger partial charge in [0.1, 0.15) is 0 Å². The SMILES string of the molecule is CC1(c2cccc(C(=O)O)c2C(=O)O)C(=O)OC1=O. The number of aromatic carboxylic acids is 2. The van der Waals surface area contributed by atoms with Gasteiger partial charge in [0.05, 0.1) is 11.1 Å². The first-order valence-electron chi connectivity index (χ1n) is 5.17. The lowest BCUT2D eigenvalue weighted by Gasteiger charge is -2.34. The topological polar surface area (TPSA) is 118 Å². The molecule has 1 aromatic rings. The van der Waals surface area contributed by atoms with Gasteiger partial charge in [0.2, 0.25) is 0 Å². The predicted molar refractivity (Wildman–Crippen MR) is 58.8 cm³/mol. The molecule has 0 unspecified atom stereocenters. The maximum atomic E-state index is 11.4. The fourth-order valence-corrected chi connectivity index (χ4v) is 1.92. The molecule has 0 saturated carbocycles. The number of esters is 2. The number of carbonyl (C=O) groups is 4. The number of carboxylic acids is 2. The molecule has 0 spiro atoms. The molecule has 2 rings (SSSR count). The van der Waals surface area contributed by atoms with Crippen molar-refractivity contribution in [1.29, 1.82) is 0 Å². The molecule has 1 aliphatic heterocycles. The smallest absolute Gasteiger partial charge is 0.336 e. The molecule has 98 valence electrons. The van der Waals surface area contributed by atoms with Crippen LogP contribution in [0.5, 0.6) is 0 Å². The largest absolute Gasteiger partial charge is 0.478 e. The van der Waals surface area contributed by atoms with Crippen molar-refractivity contribution in [2.24, 2.45) is 0 Å². The number of carbonyl (C=O) groups excluding carboxylic acids is 2. The maximum absolute atomic E-state index is 11.4. The van der Waals surface area contributed by atoms with E-state index >= 15 is 0 Å². The molecule has 0 aromatic heterocycles. The van der Waals surface area contributed by atoms with E-state index in [9.17, 15) is 19.2 Å². The summed E-state index contributed by atoms with van der Waals surface area (Å²) in [6.45, 7) is 1.20. The van der Waals surface area contributed by atoms with Crippen LogP contribution in [0.2, 0.25) is 0 Å². The normalized spacial score (nSPS) is 16.5. The quantitative estimate of drug-likeness (QED) is 0.600. The molecule has 0 radical (unpaired) electrons. The van der Waals surface area contributed by atoms with E-state index in [1.165, 1.54) is 19.1 Å². The Kier molecular flexibility index (Phi) is 2.62. The van der Waals surface area contributed by atoms with Gasteiger partial charge < -0.3 is 14.9 Å². The van der Waals surface area contributed by atoms with Crippen LogP contribution < -0.4 is 0 Å². The molecule has 1 aromatic carbocycles. The second-order valence-electron chi connectivity index (χ2n) is 4.14. The average molecular weight is 264 g/mol. The van der Waals surface area contributed by atoms with Crippen molar-refractivity contribution >= 4 is 23.9 Å². The molecular formula is C12H8O7. The fourth-order valence-electron chi connectivity index (χ4n) is 1.92. The Balaban J connectivity index is 2.75. The van der Waals surface area contributed by atoms with Crippen molar-refractivity contribution in [3.8, 4) is 0 Å². The Morgan fingerprint density at radius 3 is 2.11 bits per heavy atom. The molecule has 2 N–H and O–H groups in total. The molecule has 0 atom stereocenters. The highest BCUT2D eigenvalue weighted by Gasteiger charge is 2.58. The first-order valence-corrected chi connectivity index (χ1v) is 5.17. The zero-order valence-corrected chi connectivity index (χ0v) is 9.67. The van der Waals surface area contributed by atoms with E-state index in [2.05, 4.69) is 4.74 Å². The Morgan fingerprint density at radius 1 is 1.11 bits per heavy atom. The van der Waals surface area contributed by atoms with E-state index in [1.807, 2.05) is 0 Å². The van der Waals surface area contributed by atoms with Crippen LogP contribution in [0.25, 0.3) is 0 Å². The molecule has 7 nitrogen and oxygen atoms in total. The summed E-state index contributed by atoms with van der Waals surface area (Å²) in [6, 6.07) is 3.59. The minimum absolute atomic E-state index is 0.179. The van der Waals surface area contributed by atoms with Gasteiger partial charge in [-0.15, -0.1) is 0 Å². The third-order valence-electron chi connectivity index (χ3n) is 3.05. The summed E-state index contributed by atoms with van der Waals surface area (Å²) in [5.41, 5.74) is -3.01. The van der Waals surface area contributed by atoms with Crippen LogP contribution in [-0.2, 0) is 19.7 Å². The number of carboxylic acid groups (broad SMARTS) is 2. The van der Waals surface area contributed by atoms with Crippen molar-refractivity contribution in [2.75, 3.05) is 0 Å². The van der Waals surface area contributed by atoms with Gasteiger partial charge in [-0.2, -0.15) is 0 Å². The van der Waals surface area contributed by atoms with Crippen LogP contribution >= 0.6 is 0 Å². The molecule has 7 heteroatoms. The van der Waals surface area contributed by atoms with Gasteiger partial charge in [-0.05, 0) is 18.6 Å². The molecule has 0 amide bonds. The van der Waals surface area contributed by atoms with E-state index in [4.69, 9.17) is 10.2 Å². The van der Waals surface area contributed by atoms with Crippen LogP contribution in [0.1, 0.15) is 33.2 Å². The van der Waals surface area contributed by atoms with Gasteiger partial charge in [0.15, 0.2) is 5.41 Å². The summed E-state index contributed by atoms with van der Waals surface area (Å²) >= 11 is 0. The highest BCUT2D eigenvalue weighted by Crippen LogP contribution is 2.37. The third-order valence-corrected chi connectivity index (χ3v) is 3.05. The third kappa shape index (κ3) is 1.59. The molecule has 19 heavy (non-hydrogen) atoms. The first-order chi connectivity index (χ1) is 8.80. The highest BCUT2D eigenvalue weighted by molar-refractivity contribution is 6.20. The van der Waals surface area contributed by atoms with Gasteiger partial charge in [0.25, 0.3) is 0 Å². The molecule has 1 saturated heterocycles. The van der Waals surface area contributed by atoms with Crippen LogP contribution in [-0.4, -0.2) is 34.1 Å². The van der Waals surface area contributed by atoms with Crippen LogP contribution in [0.4, 0.5) is 0 Å². The van der Waals surface area contributed by atoms with Crippen LogP contribution in [0.3, 0.4) is 0 Å². The zero-order chi connectivity index (χ0) is 14.4. The second-order valence-corrected chi connectivity index (χ2v) is 4.14. The summed E-state index contributed by atoms with van der Waals surface area (Å²) in [5.74, 6) is -4.78. The minimum Gasteiger partial charge on any atom is -0.478 e. The van der Waals surface area contributed by atoms with E-state index in [0.717, 1.165) is 6.07 Å². The average Bonchev–Trinajstić information content (AvgIpc) is 2.36.